The molecule has 0 aliphatic heterocycles. The van der Waals surface area contributed by atoms with Gasteiger partial charge in [0.25, 0.3) is 0 Å². The highest BCUT2D eigenvalue weighted by Gasteiger charge is 1.86. The van der Waals surface area contributed by atoms with Gasteiger partial charge in [0.05, 0.1) is 7.11 Å². The lowest BCUT2D eigenvalue weighted by Gasteiger charge is -1.92. The molecule has 0 aliphatic carbocycles. The van der Waals surface area contributed by atoms with Gasteiger partial charge in [-0.05, 0) is 11.6 Å². The van der Waals surface area contributed by atoms with Crippen LogP contribution in [-0.2, 0) is 4.74 Å². The van der Waals surface area contributed by atoms with E-state index in [2.05, 4.69) is 9.73 Å². The van der Waals surface area contributed by atoms with Gasteiger partial charge in [-0.1, -0.05) is 0 Å². The van der Waals surface area contributed by atoms with Crippen molar-refractivity contribution in [2.24, 2.45) is 4.99 Å². The maximum absolute atomic E-state index is 6.63. The molecule has 0 aromatic carbocycles. The Morgan fingerprint density at radius 1 is 1.75 bits per heavy atom. The van der Waals surface area contributed by atoms with Crippen LogP contribution in [0.4, 0.5) is 0 Å². The minimum absolute atomic E-state index is 0.260. The zero-order valence-corrected chi connectivity index (χ0v) is 5.49. The Morgan fingerprint density at radius 2 is 2.25 bits per heavy atom. The van der Waals surface area contributed by atoms with Crippen molar-refractivity contribution in [1.29, 1.82) is 5.41 Å². The van der Waals surface area contributed by atoms with Crippen molar-refractivity contribution in [3.63, 3.8) is 0 Å². The van der Waals surface area contributed by atoms with Crippen LogP contribution in [0.5, 0.6) is 0 Å². The minimum Gasteiger partial charge on any atom is -0.484 e. The quantitative estimate of drug-likeness (QED) is 0.302. The third-order valence-electron chi connectivity index (χ3n) is 0.551. The summed E-state index contributed by atoms with van der Waals surface area (Å²) in [5.74, 6) is 0.394. The molecule has 0 aliphatic rings. The molecule has 0 amide bonds. The van der Waals surface area contributed by atoms with Gasteiger partial charge in [-0.15, -0.1) is 0 Å². The van der Waals surface area contributed by atoms with Gasteiger partial charge in [0.15, 0.2) is 5.90 Å². The van der Waals surface area contributed by atoms with Crippen molar-refractivity contribution in [2.45, 2.75) is 6.92 Å². The molecule has 0 spiro atoms. The zero-order valence-electron chi connectivity index (χ0n) is 4.73. The Balaban J connectivity index is 3.75. The number of methoxy groups -OCH3 is 1. The number of amidine groups is 1. The van der Waals surface area contributed by atoms with E-state index >= 15 is 0 Å². The summed E-state index contributed by atoms with van der Waals surface area (Å²) >= 11 is 5.07. The van der Waals surface area contributed by atoms with Crippen LogP contribution in [0.25, 0.3) is 0 Å². The summed E-state index contributed by atoms with van der Waals surface area (Å²) in [7, 11) is 1.47. The Hall–Kier alpha value is -0.570. The molecule has 0 aromatic heterocycles. The van der Waals surface area contributed by atoms with E-state index in [4.69, 9.17) is 17.0 Å². The summed E-state index contributed by atoms with van der Waals surface area (Å²) in [6.07, 6.45) is 0. The van der Waals surface area contributed by atoms with Gasteiger partial charge < -0.3 is 4.74 Å². The molecular formula is C4H7ClN2O. The molecule has 1 N–H and O–H groups in total. The Labute approximate surface area is 52.8 Å². The summed E-state index contributed by atoms with van der Waals surface area (Å²) in [6.45, 7) is 1.62. The van der Waals surface area contributed by atoms with Crippen LogP contribution in [0.2, 0.25) is 0 Å². The van der Waals surface area contributed by atoms with Crippen molar-refractivity contribution in [3.8, 4) is 0 Å². The van der Waals surface area contributed by atoms with Crippen LogP contribution in [0, 0.1) is 5.41 Å². The number of hydrogen-bond donors (Lipinski definition) is 1. The van der Waals surface area contributed by atoms with E-state index in [-0.39, 0.29) is 5.29 Å². The first kappa shape index (κ1) is 7.43. The fraction of sp³-hybridized carbons (Fsp3) is 0.500. The maximum Gasteiger partial charge on any atom is 0.217 e. The van der Waals surface area contributed by atoms with E-state index in [1.54, 1.807) is 6.92 Å². The van der Waals surface area contributed by atoms with E-state index in [1.165, 1.54) is 7.11 Å². The topological polar surface area (TPSA) is 45.4 Å². The van der Waals surface area contributed by atoms with Gasteiger partial charge in [0.2, 0.25) is 5.29 Å². The lowest BCUT2D eigenvalue weighted by atomic mass is 10.8. The van der Waals surface area contributed by atoms with Crippen molar-refractivity contribution in [1.82, 2.24) is 0 Å². The van der Waals surface area contributed by atoms with Crippen molar-refractivity contribution >= 4 is 22.8 Å². The standard InChI is InChI=1S/C4H7ClN2O/c1-3(8-2)7-4(5)6/h6H,1-2H3. The van der Waals surface area contributed by atoms with Crippen LogP contribution >= 0.6 is 11.6 Å². The summed E-state index contributed by atoms with van der Waals surface area (Å²) in [5, 5.41) is 6.37. The molecule has 46 valence electrons. The summed E-state index contributed by atoms with van der Waals surface area (Å²) < 4.78 is 4.59. The van der Waals surface area contributed by atoms with E-state index in [0.29, 0.717) is 5.90 Å². The summed E-state index contributed by atoms with van der Waals surface area (Å²) in [6, 6.07) is 0. The number of hydrogen-bond acceptors (Lipinski definition) is 2. The fourth-order valence-corrected chi connectivity index (χ4v) is 0.303. The first-order valence-corrected chi connectivity index (χ1v) is 2.38. The first-order valence-electron chi connectivity index (χ1n) is 2.00. The van der Waals surface area contributed by atoms with Gasteiger partial charge in [-0.2, -0.15) is 4.99 Å². The van der Waals surface area contributed by atoms with E-state index in [9.17, 15) is 0 Å². The fourth-order valence-electron chi connectivity index (χ4n) is 0.184. The normalized spacial score (nSPS) is 11.1. The number of halogens is 1. The molecule has 0 unspecified atom stereocenters. The number of nitrogens with zero attached hydrogens (tertiary/aromatic N) is 1. The number of aliphatic imine (C=N–C) groups is 1. The second-order valence-corrected chi connectivity index (χ2v) is 1.48. The van der Waals surface area contributed by atoms with Crippen molar-refractivity contribution in [3.05, 3.63) is 0 Å². The molecule has 0 atom stereocenters. The molecule has 8 heavy (non-hydrogen) atoms. The van der Waals surface area contributed by atoms with Crippen LogP contribution in [-0.4, -0.2) is 18.3 Å². The smallest absolute Gasteiger partial charge is 0.217 e. The molecule has 0 saturated heterocycles. The molecule has 0 saturated carbocycles. The molecule has 4 heteroatoms. The molecular weight excluding hydrogens is 128 g/mol. The largest absolute Gasteiger partial charge is 0.484 e. The van der Waals surface area contributed by atoms with Gasteiger partial charge in [0.1, 0.15) is 0 Å². The van der Waals surface area contributed by atoms with Gasteiger partial charge in [-0.25, -0.2) is 0 Å². The molecule has 0 radical (unpaired) electrons. The second-order valence-electron chi connectivity index (χ2n) is 1.13. The van der Waals surface area contributed by atoms with E-state index < -0.39 is 0 Å². The van der Waals surface area contributed by atoms with E-state index in [1.807, 2.05) is 0 Å². The first-order chi connectivity index (χ1) is 3.66. The van der Waals surface area contributed by atoms with Crippen LogP contribution in [0.1, 0.15) is 6.92 Å². The van der Waals surface area contributed by atoms with Crippen LogP contribution in [0.3, 0.4) is 0 Å². The van der Waals surface area contributed by atoms with Crippen LogP contribution < -0.4 is 0 Å². The van der Waals surface area contributed by atoms with Crippen molar-refractivity contribution in [2.75, 3.05) is 7.11 Å². The van der Waals surface area contributed by atoms with Gasteiger partial charge in [-0.3, -0.25) is 5.41 Å². The van der Waals surface area contributed by atoms with Gasteiger partial charge >= 0.3 is 0 Å². The molecule has 0 bridgehead atoms. The average molecular weight is 135 g/mol. The third-order valence-corrected chi connectivity index (χ3v) is 0.636. The minimum atomic E-state index is -0.260. The third kappa shape index (κ3) is 3.61. The molecule has 0 aromatic rings. The van der Waals surface area contributed by atoms with Crippen molar-refractivity contribution < 1.29 is 4.74 Å². The summed E-state index contributed by atoms with van der Waals surface area (Å²) in [5.41, 5.74) is 0. The lowest BCUT2D eigenvalue weighted by Crippen LogP contribution is -1.95. The summed E-state index contributed by atoms with van der Waals surface area (Å²) in [4.78, 5) is 3.44. The average Bonchev–Trinajstić information content (AvgIpc) is 1.65. The zero-order chi connectivity index (χ0) is 6.57. The Kier molecular flexibility index (Phi) is 3.19. The SMILES string of the molecule is COC(C)=NC(=N)Cl. The van der Waals surface area contributed by atoms with Gasteiger partial charge in [0, 0.05) is 6.92 Å². The number of ether oxygens (including phenoxy) is 1. The number of rotatable bonds is 0. The van der Waals surface area contributed by atoms with E-state index in [0.717, 1.165) is 0 Å². The lowest BCUT2D eigenvalue weighted by molar-refractivity contribution is 0.401. The monoisotopic (exact) mass is 134 g/mol. The highest BCUT2D eigenvalue weighted by Crippen LogP contribution is 1.84. The molecule has 3 nitrogen and oxygen atoms in total. The Morgan fingerprint density at radius 3 is 2.38 bits per heavy atom. The maximum atomic E-state index is 6.63. The van der Waals surface area contributed by atoms with Crippen LogP contribution in [0.15, 0.2) is 4.99 Å². The second kappa shape index (κ2) is 3.43. The molecule has 0 heterocycles. The Bertz CT molecular complexity index is 121. The highest BCUT2D eigenvalue weighted by atomic mass is 35.5. The number of nitrogens with one attached hydrogen (secondary N) is 1. The molecule has 0 fully saturated rings. The predicted octanol–water partition coefficient (Wildman–Crippen LogP) is 1.22. The highest BCUT2D eigenvalue weighted by molar-refractivity contribution is 6.64. The molecule has 0 rings (SSSR count). The predicted molar refractivity (Wildman–Crippen MR) is 33.7 cm³/mol.